The maximum atomic E-state index is 5.91. The van der Waals surface area contributed by atoms with Gasteiger partial charge in [-0.05, 0) is 38.5 Å². The molecule has 0 atom stereocenters. The molecule has 3 aromatic heterocycles. The number of ether oxygens (including phenoxy) is 1. The van der Waals surface area contributed by atoms with Gasteiger partial charge >= 0.3 is 0 Å². The van der Waals surface area contributed by atoms with E-state index < -0.39 is 0 Å². The minimum absolute atomic E-state index is 0.516. The average molecular weight is 380 g/mol. The predicted molar refractivity (Wildman–Crippen MR) is 108 cm³/mol. The van der Waals surface area contributed by atoms with E-state index in [9.17, 15) is 0 Å². The van der Waals surface area contributed by atoms with Crippen LogP contribution >= 0.6 is 11.3 Å². The van der Waals surface area contributed by atoms with Gasteiger partial charge in [-0.1, -0.05) is 0 Å². The van der Waals surface area contributed by atoms with Crippen LogP contribution in [0, 0.1) is 13.8 Å². The van der Waals surface area contributed by atoms with Crippen molar-refractivity contribution in [2.24, 2.45) is 4.99 Å². The summed E-state index contributed by atoms with van der Waals surface area (Å²) in [5.74, 6) is 2.00. The number of thiazole rings is 1. The first-order chi connectivity index (χ1) is 13.2. The second kappa shape index (κ2) is 7.71. The van der Waals surface area contributed by atoms with Crippen LogP contribution in [-0.2, 0) is 0 Å². The zero-order valence-electron chi connectivity index (χ0n) is 15.2. The zero-order valence-corrected chi connectivity index (χ0v) is 16.0. The summed E-state index contributed by atoms with van der Waals surface area (Å²) < 4.78 is 5.91. The van der Waals surface area contributed by atoms with E-state index in [4.69, 9.17) is 4.74 Å². The highest BCUT2D eigenvalue weighted by atomic mass is 32.1. The number of aryl methyl sites for hydroxylation is 2. The van der Waals surface area contributed by atoms with Gasteiger partial charge in [0.15, 0.2) is 16.8 Å². The van der Waals surface area contributed by atoms with Crippen LogP contribution in [0.2, 0.25) is 0 Å². The lowest BCUT2D eigenvalue weighted by atomic mass is 10.2. The number of aliphatic imine (C=N–C) groups is 1. The molecule has 3 aromatic rings. The van der Waals surface area contributed by atoms with E-state index in [1.807, 2.05) is 43.5 Å². The smallest absolute Gasteiger partial charge is 0.219 e. The molecule has 0 amide bonds. The highest BCUT2D eigenvalue weighted by molar-refractivity contribution is 7.14. The van der Waals surface area contributed by atoms with Gasteiger partial charge in [-0.3, -0.25) is 9.98 Å². The van der Waals surface area contributed by atoms with E-state index in [0.29, 0.717) is 11.6 Å². The fourth-order valence-electron chi connectivity index (χ4n) is 2.70. The predicted octanol–water partition coefficient (Wildman–Crippen LogP) is 3.77. The van der Waals surface area contributed by atoms with Gasteiger partial charge in [0.05, 0.1) is 11.4 Å². The Morgan fingerprint density at radius 3 is 2.93 bits per heavy atom. The van der Waals surface area contributed by atoms with Crippen LogP contribution in [0.1, 0.15) is 17.8 Å². The molecule has 0 radical (unpaired) electrons. The summed E-state index contributed by atoms with van der Waals surface area (Å²) in [6.07, 6.45) is 2.78. The first kappa shape index (κ1) is 17.4. The summed E-state index contributed by atoms with van der Waals surface area (Å²) in [5, 5.41) is 9.27. The van der Waals surface area contributed by atoms with Crippen LogP contribution in [0.4, 0.5) is 5.13 Å². The molecule has 0 bridgehead atoms. The van der Waals surface area contributed by atoms with Crippen LogP contribution < -0.4 is 15.4 Å². The van der Waals surface area contributed by atoms with E-state index in [0.717, 1.165) is 53.2 Å². The molecule has 0 saturated heterocycles. The summed E-state index contributed by atoms with van der Waals surface area (Å²) in [4.78, 5) is 17.8. The van der Waals surface area contributed by atoms with E-state index in [1.54, 1.807) is 6.20 Å². The van der Waals surface area contributed by atoms with Crippen LogP contribution in [0.25, 0.3) is 11.3 Å². The van der Waals surface area contributed by atoms with Crippen molar-refractivity contribution in [1.29, 1.82) is 0 Å². The van der Waals surface area contributed by atoms with Crippen molar-refractivity contribution in [3.05, 3.63) is 47.2 Å². The molecular weight excluding hydrogens is 360 g/mol. The molecule has 0 spiro atoms. The fraction of sp³-hybridized carbons (Fsp3) is 0.263. The molecule has 0 aliphatic carbocycles. The molecular formula is C19H20N6OS. The Hall–Kier alpha value is -3.00. The van der Waals surface area contributed by atoms with Crippen molar-refractivity contribution in [3.63, 3.8) is 0 Å². The van der Waals surface area contributed by atoms with Crippen molar-refractivity contribution in [2.75, 3.05) is 18.4 Å². The molecule has 2 N–H and O–H groups in total. The molecule has 4 heterocycles. The standard InChI is InChI=1S/C19H20N6OS/c1-12-4-5-16(13(2)23-12)26-17-10-14(6-9-20-17)15-11-27-19(24-15)25-18-21-7-3-8-22-18/h4-6,9-11H,3,7-8H2,1-2H3,(H2,21,22,24,25). The Morgan fingerprint density at radius 1 is 1.19 bits per heavy atom. The first-order valence-electron chi connectivity index (χ1n) is 8.77. The van der Waals surface area contributed by atoms with E-state index in [1.165, 1.54) is 11.3 Å². The Morgan fingerprint density at radius 2 is 2.11 bits per heavy atom. The molecule has 27 heavy (non-hydrogen) atoms. The first-order valence-corrected chi connectivity index (χ1v) is 9.65. The number of hydrogen-bond donors (Lipinski definition) is 2. The van der Waals surface area contributed by atoms with Gasteiger partial charge in [0.2, 0.25) is 5.88 Å². The molecule has 1 aliphatic rings. The largest absolute Gasteiger partial charge is 0.437 e. The number of guanidine groups is 1. The fourth-order valence-corrected chi connectivity index (χ4v) is 3.42. The topological polar surface area (TPSA) is 84.3 Å². The number of anilines is 1. The van der Waals surface area contributed by atoms with Crippen LogP contribution in [0.15, 0.2) is 40.8 Å². The maximum absolute atomic E-state index is 5.91. The van der Waals surface area contributed by atoms with Crippen molar-refractivity contribution in [1.82, 2.24) is 20.3 Å². The average Bonchev–Trinajstić information content (AvgIpc) is 3.14. The lowest BCUT2D eigenvalue weighted by Gasteiger charge is -2.14. The molecule has 138 valence electrons. The molecule has 4 rings (SSSR count). The Balaban J connectivity index is 1.51. The Labute approximate surface area is 161 Å². The van der Waals surface area contributed by atoms with Crippen molar-refractivity contribution in [2.45, 2.75) is 20.3 Å². The van der Waals surface area contributed by atoms with Crippen LogP contribution in [0.3, 0.4) is 0 Å². The van der Waals surface area contributed by atoms with Gasteiger partial charge in [-0.2, -0.15) is 0 Å². The van der Waals surface area contributed by atoms with Gasteiger partial charge in [-0.25, -0.2) is 9.97 Å². The number of nitrogens with zero attached hydrogens (tertiary/aromatic N) is 4. The molecule has 0 saturated carbocycles. The highest BCUT2D eigenvalue weighted by Crippen LogP contribution is 2.29. The number of nitrogens with one attached hydrogen (secondary N) is 2. The minimum Gasteiger partial charge on any atom is -0.437 e. The minimum atomic E-state index is 0.516. The summed E-state index contributed by atoms with van der Waals surface area (Å²) in [6.45, 7) is 5.65. The van der Waals surface area contributed by atoms with Gasteiger partial charge < -0.3 is 15.4 Å². The third-order valence-electron chi connectivity index (χ3n) is 4.05. The summed E-state index contributed by atoms with van der Waals surface area (Å²) in [6, 6.07) is 7.64. The van der Waals surface area contributed by atoms with E-state index >= 15 is 0 Å². The maximum Gasteiger partial charge on any atom is 0.219 e. The lowest BCUT2D eigenvalue weighted by molar-refractivity contribution is 0.456. The number of pyridine rings is 2. The third kappa shape index (κ3) is 4.22. The molecule has 1 aliphatic heterocycles. The summed E-state index contributed by atoms with van der Waals surface area (Å²) in [5.41, 5.74) is 3.61. The lowest BCUT2D eigenvalue weighted by Crippen LogP contribution is -2.35. The quantitative estimate of drug-likeness (QED) is 0.717. The normalized spacial score (nSPS) is 13.6. The number of aromatic nitrogens is 3. The third-order valence-corrected chi connectivity index (χ3v) is 4.81. The monoisotopic (exact) mass is 380 g/mol. The molecule has 8 heteroatoms. The Kier molecular flexibility index (Phi) is 4.97. The Bertz CT molecular complexity index is 984. The summed E-state index contributed by atoms with van der Waals surface area (Å²) >= 11 is 1.54. The highest BCUT2D eigenvalue weighted by Gasteiger charge is 2.10. The van der Waals surface area contributed by atoms with Gasteiger partial charge in [0.25, 0.3) is 0 Å². The SMILES string of the molecule is Cc1ccc(Oc2cc(-c3csc(NC4=NCCCN4)n3)ccn2)c(C)n1. The van der Waals surface area contributed by atoms with E-state index in [2.05, 4.69) is 30.6 Å². The molecule has 0 aromatic carbocycles. The van der Waals surface area contributed by atoms with E-state index in [-0.39, 0.29) is 0 Å². The van der Waals surface area contributed by atoms with Crippen molar-refractivity contribution in [3.8, 4) is 22.9 Å². The van der Waals surface area contributed by atoms with Crippen molar-refractivity contribution >= 4 is 22.4 Å². The van der Waals surface area contributed by atoms with Crippen molar-refractivity contribution < 1.29 is 4.74 Å². The molecule has 7 nitrogen and oxygen atoms in total. The zero-order chi connectivity index (χ0) is 18.6. The molecule has 0 unspecified atom stereocenters. The number of hydrogen-bond acceptors (Lipinski definition) is 8. The van der Waals surface area contributed by atoms with Crippen LogP contribution in [-0.4, -0.2) is 34.0 Å². The van der Waals surface area contributed by atoms with Gasteiger partial charge in [-0.15, -0.1) is 11.3 Å². The van der Waals surface area contributed by atoms with Crippen LogP contribution in [0.5, 0.6) is 11.6 Å². The second-order valence-electron chi connectivity index (χ2n) is 6.19. The van der Waals surface area contributed by atoms with Gasteiger partial charge in [0, 0.05) is 42.0 Å². The number of rotatable bonds is 4. The van der Waals surface area contributed by atoms with Gasteiger partial charge in [0.1, 0.15) is 0 Å². The molecule has 0 fully saturated rings. The summed E-state index contributed by atoms with van der Waals surface area (Å²) in [7, 11) is 0. The second-order valence-corrected chi connectivity index (χ2v) is 7.05.